The zero-order chi connectivity index (χ0) is 26.0. The van der Waals surface area contributed by atoms with Crippen molar-refractivity contribution >= 4 is 17.5 Å². The molecule has 1 aromatic heterocycles. The van der Waals surface area contributed by atoms with Crippen LogP contribution in [-0.4, -0.2) is 62.0 Å². The van der Waals surface area contributed by atoms with Gasteiger partial charge in [0.2, 0.25) is 5.91 Å². The molecule has 3 heterocycles. The van der Waals surface area contributed by atoms with Gasteiger partial charge in [-0.05, 0) is 56.4 Å². The summed E-state index contributed by atoms with van der Waals surface area (Å²) in [5.41, 5.74) is -1.03. The summed E-state index contributed by atoms with van der Waals surface area (Å²) in [6.07, 6.45) is -8.60. The SMILES string of the molecule is CC(N1Cc2cc(Cl)ccc2-n2c(nnc2C2CCN(C(=O)C3(C(F)(F)F)CC3)CC2)C1)C(F)(F)F. The van der Waals surface area contributed by atoms with Crippen LogP contribution in [0.4, 0.5) is 26.3 Å². The van der Waals surface area contributed by atoms with Crippen molar-refractivity contribution < 1.29 is 31.1 Å². The van der Waals surface area contributed by atoms with Crippen molar-refractivity contribution in [3.05, 3.63) is 40.4 Å². The Kier molecular flexibility index (Phi) is 6.06. The van der Waals surface area contributed by atoms with Gasteiger partial charge >= 0.3 is 12.4 Å². The maximum Gasteiger partial charge on any atom is 0.403 e. The number of hydrogen-bond donors (Lipinski definition) is 0. The first kappa shape index (κ1) is 25.3. The standard InChI is InChI=1S/C23H24ClF6N5O/c1-13(22(25,26)27)34-11-15-10-16(24)2-3-17(15)35-18(12-34)31-32-19(35)14-4-8-33(9-5-14)20(36)21(6-7-21)23(28,29)30/h2-3,10,13-14H,4-9,11-12H2,1H3. The van der Waals surface area contributed by atoms with Crippen LogP contribution in [0.15, 0.2) is 18.2 Å². The van der Waals surface area contributed by atoms with E-state index in [2.05, 4.69) is 10.2 Å². The minimum atomic E-state index is -4.56. The van der Waals surface area contributed by atoms with Gasteiger partial charge in [-0.3, -0.25) is 14.3 Å². The fraction of sp³-hybridized carbons (Fsp3) is 0.609. The number of aromatic nitrogens is 3. The van der Waals surface area contributed by atoms with Crippen molar-refractivity contribution in [2.24, 2.45) is 5.41 Å². The summed E-state index contributed by atoms with van der Waals surface area (Å²) >= 11 is 6.16. The molecule has 0 bridgehead atoms. The maximum absolute atomic E-state index is 13.5. The van der Waals surface area contributed by atoms with E-state index in [1.54, 1.807) is 22.8 Å². The van der Waals surface area contributed by atoms with E-state index in [4.69, 9.17) is 11.6 Å². The monoisotopic (exact) mass is 535 g/mol. The average molecular weight is 536 g/mol. The number of likely N-dealkylation sites (tertiary alicyclic amines) is 1. The number of benzene rings is 1. The highest BCUT2D eigenvalue weighted by Crippen LogP contribution is 2.59. The average Bonchev–Trinajstić information content (AvgIpc) is 3.56. The van der Waals surface area contributed by atoms with E-state index in [1.165, 1.54) is 9.80 Å². The highest BCUT2D eigenvalue weighted by molar-refractivity contribution is 6.30. The van der Waals surface area contributed by atoms with Gasteiger partial charge in [-0.25, -0.2) is 0 Å². The number of hydrogen-bond acceptors (Lipinski definition) is 4. The lowest BCUT2D eigenvalue weighted by atomic mass is 9.93. The Morgan fingerprint density at radius 2 is 1.75 bits per heavy atom. The molecule has 2 aromatic rings. The van der Waals surface area contributed by atoms with Crippen molar-refractivity contribution in [1.82, 2.24) is 24.6 Å². The molecule has 0 radical (unpaired) electrons. The lowest BCUT2D eigenvalue weighted by Gasteiger charge is -2.34. The van der Waals surface area contributed by atoms with Crippen LogP contribution < -0.4 is 0 Å². The molecule has 1 amide bonds. The summed E-state index contributed by atoms with van der Waals surface area (Å²) < 4.78 is 82.6. The van der Waals surface area contributed by atoms with E-state index < -0.39 is 29.7 Å². The number of halogens is 7. The van der Waals surface area contributed by atoms with E-state index in [9.17, 15) is 31.1 Å². The number of piperidine rings is 1. The largest absolute Gasteiger partial charge is 0.403 e. The molecule has 6 nitrogen and oxygen atoms in total. The van der Waals surface area contributed by atoms with Crippen LogP contribution in [-0.2, 0) is 17.9 Å². The molecule has 1 saturated carbocycles. The van der Waals surface area contributed by atoms with Gasteiger partial charge in [0.25, 0.3) is 0 Å². The summed E-state index contributed by atoms with van der Waals surface area (Å²) in [5.74, 6) is -0.217. The first-order valence-electron chi connectivity index (χ1n) is 11.7. The number of fused-ring (bicyclic) bond motifs is 3. The zero-order valence-corrected chi connectivity index (χ0v) is 20.1. The van der Waals surface area contributed by atoms with Crippen LogP contribution >= 0.6 is 11.6 Å². The van der Waals surface area contributed by atoms with Crippen LogP contribution in [0.5, 0.6) is 0 Å². The van der Waals surface area contributed by atoms with E-state index in [1.807, 2.05) is 0 Å². The molecule has 13 heteroatoms. The van der Waals surface area contributed by atoms with Crippen molar-refractivity contribution in [2.75, 3.05) is 13.1 Å². The van der Waals surface area contributed by atoms with E-state index in [-0.39, 0.29) is 44.9 Å². The molecule has 36 heavy (non-hydrogen) atoms. The van der Waals surface area contributed by atoms with Gasteiger partial charge < -0.3 is 4.90 Å². The van der Waals surface area contributed by atoms with Crippen LogP contribution in [0.2, 0.25) is 5.02 Å². The summed E-state index contributed by atoms with van der Waals surface area (Å²) in [7, 11) is 0. The number of rotatable bonds is 3. The number of carbonyl (C=O) groups excluding carboxylic acids is 1. The Hall–Kier alpha value is -2.34. The molecular formula is C23H24ClF6N5O. The molecule has 3 aliphatic rings. The highest BCUT2D eigenvalue weighted by Gasteiger charge is 2.69. The van der Waals surface area contributed by atoms with Crippen LogP contribution in [0.1, 0.15) is 55.7 Å². The molecule has 1 unspecified atom stereocenters. The number of carbonyl (C=O) groups is 1. The predicted molar refractivity (Wildman–Crippen MR) is 117 cm³/mol. The topological polar surface area (TPSA) is 54.3 Å². The second-order valence-electron chi connectivity index (χ2n) is 9.85. The molecule has 1 atom stereocenters. The second-order valence-corrected chi connectivity index (χ2v) is 10.3. The van der Waals surface area contributed by atoms with Crippen molar-refractivity contribution in [1.29, 1.82) is 0 Å². The third kappa shape index (κ3) is 4.25. The number of amides is 1. The van der Waals surface area contributed by atoms with Crippen molar-refractivity contribution in [2.45, 2.75) is 70.0 Å². The van der Waals surface area contributed by atoms with Gasteiger partial charge in [0, 0.05) is 30.6 Å². The Morgan fingerprint density at radius 1 is 1.08 bits per heavy atom. The van der Waals surface area contributed by atoms with E-state index >= 15 is 0 Å². The first-order valence-corrected chi connectivity index (χ1v) is 12.1. The van der Waals surface area contributed by atoms with Gasteiger partial charge in [-0.1, -0.05) is 11.6 Å². The smallest absolute Gasteiger partial charge is 0.342 e. The van der Waals surface area contributed by atoms with Crippen LogP contribution in [0.25, 0.3) is 5.69 Å². The lowest BCUT2D eigenvalue weighted by Crippen LogP contribution is -2.47. The molecule has 1 saturated heterocycles. The first-order chi connectivity index (χ1) is 16.8. The molecule has 0 N–H and O–H groups in total. The summed E-state index contributed by atoms with van der Waals surface area (Å²) in [5, 5.41) is 8.89. The quantitative estimate of drug-likeness (QED) is 0.505. The molecule has 2 aliphatic heterocycles. The molecule has 1 aromatic carbocycles. The summed E-state index contributed by atoms with van der Waals surface area (Å²) in [6, 6.07) is 3.26. The molecule has 0 spiro atoms. The summed E-state index contributed by atoms with van der Waals surface area (Å²) in [6.45, 7) is 1.30. The van der Waals surface area contributed by atoms with E-state index in [0.29, 0.717) is 40.8 Å². The minimum Gasteiger partial charge on any atom is -0.342 e. The summed E-state index contributed by atoms with van der Waals surface area (Å²) in [4.78, 5) is 15.2. The fourth-order valence-electron chi connectivity index (χ4n) is 5.18. The highest BCUT2D eigenvalue weighted by atomic mass is 35.5. The zero-order valence-electron chi connectivity index (χ0n) is 19.3. The number of alkyl halides is 6. The Bertz CT molecular complexity index is 1170. The normalized spacial score (nSPS) is 21.5. The molecule has 5 rings (SSSR count). The van der Waals surface area contributed by atoms with Crippen LogP contribution in [0.3, 0.4) is 0 Å². The fourth-order valence-corrected chi connectivity index (χ4v) is 5.38. The molecule has 2 fully saturated rings. The van der Waals surface area contributed by atoms with Gasteiger partial charge in [0.15, 0.2) is 5.82 Å². The third-order valence-electron chi connectivity index (χ3n) is 7.63. The number of nitrogens with zero attached hydrogens (tertiary/aromatic N) is 5. The Balaban J connectivity index is 1.41. The lowest BCUT2D eigenvalue weighted by molar-refractivity contribution is -0.199. The van der Waals surface area contributed by atoms with Gasteiger partial charge in [0.1, 0.15) is 17.3 Å². The third-order valence-corrected chi connectivity index (χ3v) is 7.86. The maximum atomic E-state index is 13.5. The predicted octanol–water partition coefficient (Wildman–Crippen LogP) is 5.24. The Labute approximate surface area is 208 Å². The van der Waals surface area contributed by atoms with E-state index in [0.717, 1.165) is 6.92 Å². The van der Waals surface area contributed by atoms with Crippen LogP contribution in [0, 0.1) is 5.41 Å². The molecule has 1 aliphatic carbocycles. The minimum absolute atomic E-state index is 0.00579. The van der Waals surface area contributed by atoms with Gasteiger partial charge in [-0.15, -0.1) is 10.2 Å². The van der Waals surface area contributed by atoms with Gasteiger partial charge in [0.05, 0.1) is 12.2 Å². The molecule has 196 valence electrons. The van der Waals surface area contributed by atoms with Gasteiger partial charge in [-0.2, -0.15) is 26.3 Å². The Morgan fingerprint density at radius 3 is 2.33 bits per heavy atom. The van der Waals surface area contributed by atoms with Crippen molar-refractivity contribution in [3.63, 3.8) is 0 Å². The second kappa shape index (κ2) is 8.61. The van der Waals surface area contributed by atoms with Crippen molar-refractivity contribution in [3.8, 4) is 5.69 Å². The molecular weight excluding hydrogens is 512 g/mol.